The summed E-state index contributed by atoms with van der Waals surface area (Å²) in [6, 6.07) is 53.9. The van der Waals surface area contributed by atoms with Gasteiger partial charge in [0.15, 0.2) is 0 Å². The van der Waals surface area contributed by atoms with Gasteiger partial charge >= 0.3 is 0 Å². The minimum Gasteiger partial charge on any atom is -0.455 e. The summed E-state index contributed by atoms with van der Waals surface area (Å²) < 4.78 is 6.57. The number of benzene rings is 7. The highest BCUT2D eigenvalue weighted by Crippen LogP contribution is 2.42. The number of furan rings is 1. The van der Waals surface area contributed by atoms with Crippen molar-refractivity contribution in [3.05, 3.63) is 198 Å². The first-order chi connectivity index (χ1) is 24.2. The topological polar surface area (TPSA) is 39.2 Å². The minimum atomic E-state index is 0.0880. The first-order valence-corrected chi connectivity index (χ1v) is 17.1. The third kappa shape index (κ3) is 5.23. The van der Waals surface area contributed by atoms with Crippen molar-refractivity contribution in [1.82, 2.24) is 0 Å². The molecule has 0 bridgehead atoms. The largest absolute Gasteiger partial charge is 0.455 e. The molecular weight excluding hydrogens is 595 g/mol. The van der Waals surface area contributed by atoms with Gasteiger partial charge in [-0.25, -0.2) is 0 Å². The molecule has 2 N–H and O–H groups in total. The molecule has 0 atom stereocenters. The minimum absolute atomic E-state index is 0.0880. The van der Waals surface area contributed by atoms with Crippen LogP contribution in [0.3, 0.4) is 0 Å². The Labute approximate surface area is 286 Å². The Bertz CT molecular complexity index is 2560. The summed E-state index contributed by atoms with van der Waals surface area (Å²) in [6.45, 7) is 0. The lowest BCUT2D eigenvalue weighted by atomic mass is 9.87. The maximum Gasteiger partial charge on any atom is 0.143 e. The zero-order valence-corrected chi connectivity index (χ0v) is 27.1. The van der Waals surface area contributed by atoms with Gasteiger partial charge in [-0.3, -0.25) is 0 Å². The summed E-state index contributed by atoms with van der Waals surface area (Å²) in [6.07, 6.45) is 8.73. The fraction of sp³-hybridized carbons (Fsp3) is 0.0638. The second kappa shape index (κ2) is 12.2. The number of nitrogens with two attached hydrogens (primary N) is 1. The van der Waals surface area contributed by atoms with Crippen LogP contribution >= 0.6 is 0 Å². The number of hydrogen-bond donors (Lipinski definition) is 1. The molecule has 8 aromatic rings. The van der Waals surface area contributed by atoms with Crippen LogP contribution in [0.4, 0.5) is 0 Å². The Morgan fingerprint density at radius 3 is 1.92 bits per heavy atom. The van der Waals surface area contributed by atoms with Gasteiger partial charge in [0.25, 0.3) is 0 Å². The Kier molecular flexibility index (Phi) is 7.21. The van der Waals surface area contributed by atoms with Gasteiger partial charge in [-0.15, -0.1) is 0 Å². The first kappa shape index (κ1) is 29.1. The van der Waals surface area contributed by atoms with Crippen molar-refractivity contribution in [3.63, 3.8) is 0 Å². The van der Waals surface area contributed by atoms with E-state index < -0.39 is 0 Å². The highest BCUT2D eigenvalue weighted by molar-refractivity contribution is 6.30. The predicted molar refractivity (Wildman–Crippen MR) is 206 cm³/mol. The van der Waals surface area contributed by atoms with Gasteiger partial charge in [0.05, 0.1) is 0 Å². The van der Waals surface area contributed by atoms with Crippen LogP contribution in [0.2, 0.25) is 0 Å². The Morgan fingerprint density at radius 2 is 1.18 bits per heavy atom. The lowest BCUT2D eigenvalue weighted by Crippen LogP contribution is -2.08. The third-order valence-electron chi connectivity index (χ3n) is 10.0. The second-order valence-corrected chi connectivity index (χ2v) is 13.0. The van der Waals surface area contributed by atoms with E-state index in [1.54, 1.807) is 0 Å². The first-order valence-electron chi connectivity index (χ1n) is 17.1. The molecule has 2 heteroatoms. The summed E-state index contributed by atoms with van der Waals surface area (Å²) in [7, 11) is 0. The summed E-state index contributed by atoms with van der Waals surface area (Å²) in [4.78, 5) is 0. The average molecular weight is 630 g/mol. The maximum absolute atomic E-state index is 6.90. The third-order valence-corrected chi connectivity index (χ3v) is 10.0. The lowest BCUT2D eigenvalue weighted by Gasteiger charge is -2.19. The predicted octanol–water partition coefficient (Wildman–Crippen LogP) is 12.3. The van der Waals surface area contributed by atoms with Crippen molar-refractivity contribution in [2.24, 2.45) is 5.73 Å². The summed E-state index contributed by atoms with van der Waals surface area (Å²) in [5, 5.41) is 7.16. The molecule has 1 aliphatic rings. The van der Waals surface area contributed by atoms with Gasteiger partial charge < -0.3 is 10.2 Å². The van der Waals surface area contributed by atoms with Crippen molar-refractivity contribution >= 4 is 49.1 Å². The SMILES string of the molecule is N/C(=C\C(c1ccccc1)c1ccccc1)C1=CC(c2cccc(-c3ccc4oc5c6ccccc6c6ccccc6c5c4c3)c2)=CCC1. The molecule has 0 amide bonds. The fourth-order valence-corrected chi connectivity index (χ4v) is 7.59. The van der Waals surface area contributed by atoms with Gasteiger partial charge in [-0.05, 0) is 98.3 Å². The van der Waals surface area contributed by atoms with Gasteiger partial charge in [0.2, 0.25) is 0 Å². The smallest absolute Gasteiger partial charge is 0.143 e. The summed E-state index contributed by atoms with van der Waals surface area (Å²) in [5.41, 5.74) is 18.0. The Hall–Kier alpha value is -6.12. The molecular formula is C47H35NO. The van der Waals surface area contributed by atoms with E-state index in [1.807, 2.05) is 0 Å². The normalized spacial score (nSPS) is 13.8. The van der Waals surface area contributed by atoms with Crippen molar-refractivity contribution < 1.29 is 4.42 Å². The standard InChI is InChI=1S/C47H35NO/c48-44(30-42(31-13-3-1-4-14-31)32-15-5-2-6-16-32)37-20-12-19-35(28-37)33-17-11-18-34(27-33)36-25-26-45-43(29-36)46-40-23-9-7-21-38(40)39-22-8-10-24-41(39)47(46)49-45/h1-11,13-19,21-30,42H,12,20,48H2/b44-30-. The molecule has 0 fully saturated rings. The van der Waals surface area contributed by atoms with Crippen LogP contribution in [0.1, 0.15) is 35.4 Å². The molecule has 0 aliphatic heterocycles. The molecule has 1 aromatic heterocycles. The fourth-order valence-electron chi connectivity index (χ4n) is 7.59. The van der Waals surface area contributed by atoms with E-state index >= 15 is 0 Å². The molecule has 0 saturated heterocycles. The van der Waals surface area contributed by atoms with Gasteiger partial charge in [-0.1, -0.05) is 140 Å². The van der Waals surface area contributed by atoms with E-state index in [1.165, 1.54) is 60.5 Å². The number of hydrogen-bond acceptors (Lipinski definition) is 2. The molecule has 2 nitrogen and oxygen atoms in total. The molecule has 1 heterocycles. The van der Waals surface area contributed by atoms with Crippen LogP contribution in [-0.2, 0) is 0 Å². The van der Waals surface area contributed by atoms with Crippen molar-refractivity contribution in [3.8, 4) is 11.1 Å². The van der Waals surface area contributed by atoms with E-state index in [0.29, 0.717) is 0 Å². The Morgan fingerprint density at radius 1 is 0.571 bits per heavy atom. The molecule has 234 valence electrons. The average Bonchev–Trinajstić information content (AvgIpc) is 3.57. The quantitative estimate of drug-likeness (QED) is 0.186. The van der Waals surface area contributed by atoms with Crippen molar-refractivity contribution in [1.29, 1.82) is 0 Å². The molecule has 1 aliphatic carbocycles. The molecule has 7 aromatic carbocycles. The molecule has 49 heavy (non-hydrogen) atoms. The highest BCUT2D eigenvalue weighted by Gasteiger charge is 2.18. The van der Waals surface area contributed by atoms with Gasteiger partial charge in [0, 0.05) is 27.8 Å². The van der Waals surface area contributed by atoms with Gasteiger partial charge in [-0.2, -0.15) is 0 Å². The Balaban J connectivity index is 1.09. The van der Waals surface area contributed by atoms with Crippen LogP contribution in [0.5, 0.6) is 0 Å². The van der Waals surface area contributed by atoms with Crippen LogP contribution in [0, 0.1) is 0 Å². The summed E-state index contributed by atoms with van der Waals surface area (Å²) >= 11 is 0. The van der Waals surface area contributed by atoms with E-state index in [0.717, 1.165) is 40.5 Å². The van der Waals surface area contributed by atoms with E-state index in [-0.39, 0.29) is 5.92 Å². The summed E-state index contributed by atoms with van der Waals surface area (Å²) in [5.74, 6) is 0.0880. The lowest BCUT2D eigenvalue weighted by molar-refractivity contribution is 0.673. The number of fused-ring (bicyclic) bond motifs is 8. The van der Waals surface area contributed by atoms with E-state index in [4.69, 9.17) is 10.2 Å². The van der Waals surface area contributed by atoms with Crippen molar-refractivity contribution in [2.45, 2.75) is 18.8 Å². The monoisotopic (exact) mass is 629 g/mol. The van der Waals surface area contributed by atoms with Gasteiger partial charge in [0.1, 0.15) is 11.2 Å². The maximum atomic E-state index is 6.90. The van der Waals surface area contributed by atoms with Crippen LogP contribution in [0.15, 0.2) is 186 Å². The zero-order valence-electron chi connectivity index (χ0n) is 27.1. The van der Waals surface area contributed by atoms with Crippen LogP contribution in [-0.4, -0.2) is 0 Å². The van der Waals surface area contributed by atoms with Crippen LogP contribution in [0.25, 0.3) is 60.2 Å². The molecule has 9 rings (SSSR count). The number of rotatable bonds is 6. The molecule has 0 radical (unpaired) electrons. The second-order valence-electron chi connectivity index (χ2n) is 13.0. The van der Waals surface area contributed by atoms with Crippen LogP contribution < -0.4 is 5.73 Å². The number of allylic oxidation sites excluding steroid dienone is 5. The zero-order chi connectivity index (χ0) is 32.7. The molecule has 0 spiro atoms. The highest BCUT2D eigenvalue weighted by atomic mass is 16.3. The van der Waals surface area contributed by atoms with Crippen molar-refractivity contribution in [2.75, 3.05) is 0 Å². The molecule has 0 unspecified atom stereocenters. The van der Waals surface area contributed by atoms with E-state index in [9.17, 15) is 0 Å². The van der Waals surface area contributed by atoms with E-state index in [2.05, 4.69) is 170 Å². The molecule has 0 saturated carbocycles.